The van der Waals surface area contributed by atoms with E-state index in [0.717, 1.165) is 69.8 Å². The number of ether oxygens (including phenoxy) is 2. The molecule has 35 heavy (non-hydrogen) atoms. The molecular weight excluding hydrogens is 458 g/mol. The summed E-state index contributed by atoms with van der Waals surface area (Å²) in [7, 11) is 0. The second-order valence-electron chi connectivity index (χ2n) is 10.4. The van der Waals surface area contributed by atoms with Crippen molar-refractivity contribution in [2.45, 2.75) is 57.1 Å². The number of pyridine rings is 1. The van der Waals surface area contributed by atoms with Gasteiger partial charge in [0.15, 0.2) is 0 Å². The summed E-state index contributed by atoms with van der Waals surface area (Å²) in [5.74, 6) is 1.76. The predicted octanol–water partition coefficient (Wildman–Crippen LogP) is 5.48. The topological polar surface area (TPSA) is 54.9 Å². The number of carbonyl (C=O) groups excluding carboxylic acids is 1. The molecule has 5 rings (SSSR count). The number of nitrogens with zero attached hydrogens (tertiary/aromatic N) is 3. The lowest BCUT2D eigenvalue weighted by Gasteiger charge is -2.34. The van der Waals surface area contributed by atoms with E-state index < -0.39 is 0 Å². The zero-order valence-corrected chi connectivity index (χ0v) is 21.7. The van der Waals surface area contributed by atoms with Crippen LogP contribution in [0.15, 0.2) is 47.5 Å². The van der Waals surface area contributed by atoms with Crippen molar-refractivity contribution in [2.24, 2.45) is 17.8 Å². The number of hydrogen-bond donors (Lipinski definition) is 0. The zero-order chi connectivity index (χ0) is 24.2. The van der Waals surface area contributed by atoms with Crippen molar-refractivity contribution in [1.29, 1.82) is 0 Å². The van der Waals surface area contributed by atoms with Crippen molar-refractivity contribution in [3.63, 3.8) is 0 Å². The number of hydrogen-bond acceptors (Lipinski definition) is 6. The van der Waals surface area contributed by atoms with Gasteiger partial charge in [-0.15, -0.1) is 0 Å². The summed E-state index contributed by atoms with van der Waals surface area (Å²) in [5, 5.41) is 0. The van der Waals surface area contributed by atoms with Gasteiger partial charge in [-0.1, -0.05) is 30.3 Å². The molecule has 2 aromatic rings. The molecule has 2 saturated heterocycles. The van der Waals surface area contributed by atoms with E-state index in [-0.39, 0.29) is 12.1 Å². The lowest BCUT2D eigenvalue weighted by molar-refractivity contribution is 0.0351. The van der Waals surface area contributed by atoms with Crippen molar-refractivity contribution in [1.82, 2.24) is 14.2 Å². The van der Waals surface area contributed by atoms with Crippen LogP contribution < -0.4 is 0 Å². The molecule has 3 fully saturated rings. The molecule has 1 aromatic carbocycles. The van der Waals surface area contributed by atoms with Crippen molar-refractivity contribution in [3.05, 3.63) is 59.4 Å². The van der Waals surface area contributed by atoms with E-state index >= 15 is 0 Å². The molecule has 0 N–H and O–H groups in total. The average molecular weight is 496 g/mol. The van der Waals surface area contributed by atoms with Gasteiger partial charge in [0, 0.05) is 55.7 Å². The van der Waals surface area contributed by atoms with E-state index in [0.29, 0.717) is 24.4 Å². The molecule has 1 aliphatic carbocycles. The van der Waals surface area contributed by atoms with E-state index in [1.165, 1.54) is 10.5 Å². The van der Waals surface area contributed by atoms with E-state index in [2.05, 4.69) is 27.2 Å². The molecule has 3 heterocycles. The van der Waals surface area contributed by atoms with Crippen LogP contribution in [0.4, 0.5) is 4.79 Å². The average Bonchev–Trinajstić information content (AvgIpc) is 3.43. The lowest BCUT2D eigenvalue weighted by atomic mass is 9.98. The Morgan fingerprint density at radius 2 is 1.86 bits per heavy atom. The largest absolute Gasteiger partial charge is 0.445 e. The molecule has 2 aliphatic heterocycles. The molecule has 1 saturated carbocycles. The Morgan fingerprint density at radius 1 is 1.14 bits per heavy atom. The fourth-order valence-electron chi connectivity index (χ4n) is 5.85. The Kier molecular flexibility index (Phi) is 7.95. The molecule has 1 aromatic heterocycles. The molecule has 6 nitrogen and oxygen atoms in total. The number of benzene rings is 1. The molecule has 188 valence electrons. The van der Waals surface area contributed by atoms with Gasteiger partial charge in [0.05, 0.1) is 0 Å². The highest BCUT2D eigenvalue weighted by Crippen LogP contribution is 2.44. The first kappa shape index (κ1) is 24.6. The first-order chi connectivity index (χ1) is 17.0. The van der Waals surface area contributed by atoms with Crippen molar-refractivity contribution >= 4 is 18.0 Å². The fourth-order valence-corrected chi connectivity index (χ4v) is 6.97. The number of aryl methyl sites for hydroxylation is 2. The molecule has 0 bridgehead atoms. The molecule has 0 spiro atoms. The standard InChI is InChI=1S/C28H37N3O3S/c1-20-12-21(2)29-15-27(20)35-30-17-24-13-26(14-25(24)18-30)31(16-22-8-10-33-11-9-22)28(32)34-19-23-6-4-3-5-7-23/h3-7,12,15,22,24-26H,8-11,13-14,16-19H2,1-2H3. The number of fused-ring (bicyclic) bond motifs is 1. The Bertz CT molecular complexity index is 984. The quantitative estimate of drug-likeness (QED) is 0.474. The molecule has 3 aliphatic rings. The van der Waals surface area contributed by atoms with Gasteiger partial charge in [-0.2, -0.15) is 0 Å². The number of aromatic nitrogens is 1. The minimum absolute atomic E-state index is 0.155. The predicted molar refractivity (Wildman–Crippen MR) is 138 cm³/mol. The lowest BCUT2D eigenvalue weighted by Crippen LogP contribution is -2.44. The molecular formula is C28H37N3O3S. The van der Waals surface area contributed by atoms with Gasteiger partial charge >= 0.3 is 6.09 Å². The zero-order valence-electron chi connectivity index (χ0n) is 20.9. The van der Waals surface area contributed by atoms with Gasteiger partial charge in [-0.25, -0.2) is 9.10 Å². The van der Waals surface area contributed by atoms with Gasteiger partial charge in [0.25, 0.3) is 0 Å². The molecule has 7 heteroatoms. The van der Waals surface area contributed by atoms with Gasteiger partial charge < -0.3 is 14.4 Å². The summed E-state index contributed by atoms with van der Waals surface area (Å²) in [6.07, 6.45) is 6.03. The Morgan fingerprint density at radius 3 is 2.54 bits per heavy atom. The second-order valence-corrected chi connectivity index (χ2v) is 11.6. The van der Waals surface area contributed by atoms with Crippen LogP contribution in [-0.4, -0.2) is 59.2 Å². The molecule has 2 atom stereocenters. The highest BCUT2D eigenvalue weighted by atomic mass is 32.2. The van der Waals surface area contributed by atoms with Crippen LogP contribution in [0, 0.1) is 31.6 Å². The van der Waals surface area contributed by atoms with Gasteiger partial charge in [0.2, 0.25) is 0 Å². The summed E-state index contributed by atoms with van der Waals surface area (Å²) < 4.78 is 13.9. The third-order valence-corrected chi connectivity index (χ3v) is 8.98. The first-order valence-corrected chi connectivity index (χ1v) is 13.7. The van der Waals surface area contributed by atoms with Crippen molar-refractivity contribution in [3.8, 4) is 0 Å². The van der Waals surface area contributed by atoms with E-state index in [1.807, 2.05) is 55.4 Å². The molecule has 0 radical (unpaired) electrons. The monoisotopic (exact) mass is 495 g/mol. The van der Waals surface area contributed by atoms with E-state index in [4.69, 9.17) is 9.47 Å². The van der Waals surface area contributed by atoms with Crippen LogP contribution in [0.25, 0.3) is 0 Å². The van der Waals surface area contributed by atoms with E-state index in [9.17, 15) is 4.79 Å². The minimum atomic E-state index is -0.155. The molecule has 1 amide bonds. The molecule has 2 unspecified atom stereocenters. The minimum Gasteiger partial charge on any atom is -0.445 e. The van der Waals surface area contributed by atoms with Crippen LogP contribution in [0.2, 0.25) is 0 Å². The highest BCUT2D eigenvalue weighted by molar-refractivity contribution is 7.97. The third-order valence-electron chi connectivity index (χ3n) is 7.80. The SMILES string of the molecule is Cc1cc(C)c(SN2CC3CC(N(CC4CCOCC4)C(=O)OCc4ccccc4)CC3C2)cn1. The summed E-state index contributed by atoms with van der Waals surface area (Å²) in [4.78, 5) is 21.1. The maximum atomic E-state index is 13.3. The number of carbonyl (C=O) groups is 1. The fraction of sp³-hybridized carbons (Fsp3) is 0.571. The third kappa shape index (κ3) is 6.19. The van der Waals surface area contributed by atoms with Gasteiger partial charge in [-0.3, -0.25) is 4.98 Å². The number of rotatable bonds is 7. The Labute approximate surface area is 213 Å². The van der Waals surface area contributed by atoms with E-state index in [1.54, 1.807) is 0 Å². The van der Waals surface area contributed by atoms with Crippen molar-refractivity contribution in [2.75, 3.05) is 32.8 Å². The smallest absolute Gasteiger partial charge is 0.410 e. The maximum Gasteiger partial charge on any atom is 0.410 e. The van der Waals surface area contributed by atoms with Crippen LogP contribution in [0.1, 0.15) is 42.5 Å². The summed E-state index contributed by atoms with van der Waals surface area (Å²) in [6, 6.07) is 12.4. The summed E-state index contributed by atoms with van der Waals surface area (Å²) in [5.41, 5.74) is 3.39. The Balaban J connectivity index is 1.20. The maximum absolute atomic E-state index is 13.3. The van der Waals surface area contributed by atoms with Crippen LogP contribution >= 0.6 is 11.9 Å². The Hall–Kier alpha value is -2.09. The van der Waals surface area contributed by atoms with Gasteiger partial charge in [-0.05, 0) is 86.4 Å². The summed E-state index contributed by atoms with van der Waals surface area (Å²) in [6.45, 7) is 9.07. The summed E-state index contributed by atoms with van der Waals surface area (Å²) >= 11 is 1.85. The van der Waals surface area contributed by atoms with Gasteiger partial charge in [0.1, 0.15) is 6.61 Å². The highest BCUT2D eigenvalue weighted by Gasteiger charge is 2.45. The van der Waals surface area contributed by atoms with Crippen LogP contribution in [-0.2, 0) is 16.1 Å². The normalized spacial score (nSPS) is 24.9. The van der Waals surface area contributed by atoms with Crippen molar-refractivity contribution < 1.29 is 14.3 Å². The second kappa shape index (κ2) is 11.3. The van der Waals surface area contributed by atoms with Crippen LogP contribution in [0.5, 0.6) is 0 Å². The first-order valence-electron chi connectivity index (χ1n) is 13.0. The van der Waals surface area contributed by atoms with Crippen LogP contribution in [0.3, 0.4) is 0 Å². The number of amides is 1.